The molecular weight excluding hydrogens is 250 g/mol. The minimum Gasteiger partial charge on any atom is -0.386 e. The number of aliphatic hydroxyl groups excluding tert-OH is 1. The van der Waals surface area contributed by atoms with Gasteiger partial charge in [0, 0.05) is 25.4 Å². The van der Waals surface area contributed by atoms with Crippen molar-refractivity contribution in [2.24, 2.45) is 0 Å². The molecule has 0 aromatic carbocycles. The first kappa shape index (κ1) is 13.1. The van der Waals surface area contributed by atoms with Gasteiger partial charge in [0.25, 0.3) is 0 Å². The molecule has 2 rings (SSSR count). The van der Waals surface area contributed by atoms with Crippen molar-refractivity contribution in [3.63, 3.8) is 0 Å². The van der Waals surface area contributed by atoms with Crippen LogP contribution in [0.25, 0.3) is 0 Å². The van der Waals surface area contributed by atoms with Gasteiger partial charge < -0.3 is 5.11 Å². The van der Waals surface area contributed by atoms with E-state index in [0.29, 0.717) is 17.1 Å². The van der Waals surface area contributed by atoms with Gasteiger partial charge in [0.05, 0.1) is 16.9 Å². The monoisotopic (exact) mass is 265 g/mol. The highest BCUT2D eigenvalue weighted by atomic mass is 35.5. The quantitative estimate of drug-likeness (QED) is 0.904. The van der Waals surface area contributed by atoms with Gasteiger partial charge in [-0.25, -0.2) is 0 Å². The second-order valence-corrected chi connectivity index (χ2v) is 4.58. The van der Waals surface area contributed by atoms with Gasteiger partial charge in [-0.15, -0.1) is 0 Å². The molecule has 1 atom stereocenters. The number of nitrogens with zero attached hydrogens (tertiary/aromatic N) is 3. The van der Waals surface area contributed by atoms with Crippen LogP contribution in [0.5, 0.6) is 0 Å². The van der Waals surface area contributed by atoms with Crippen LogP contribution in [0, 0.1) is 0 Å². The van der Waals surface area contributed by atoms with Crippen molar-refractivity contribution in [2.45, 2.75) is 32.4 Å². The fraction of sp³-hybridized carbons (Fsp3) is 0.385. The lowest BCUT2D eigenvalue weighted by molar-refractivity contribution is 0.166. The smallest absolute Gasteiger partial charge is 0.101 e. The Balaban J connectivity index is 2.18. The summed E-state index contributed by atoms with van der Waals surface area (Å²) in [5.41, 5.74) is 1.72. The number of hydrogen-bond donors (Lipinski definition) is 1. The molecule has 18 heavy (non-hydrogen) atoms. The molecule has 2 aromatic heterocycles. The van der Waals surface area contributed by atoms with Crippen LogP contribution in [0.2, 0.25) is 5.02 Å². The first-order valence-electron chi connectivity index (χ1n) is 6.00. The van der Waals surface area contributed by atoms with Crippen LogP contribution < -0.4 is 0 Å². The minimum atomic E-state index is -0.644. The Morgan fingerprint density at radius 2 is 2.11 bits per heavy atom. The van der Waals surface area contributed by atoms with Crippen molar-refractivity contribution >= 4 is 11.6 Å². The van der Waals surface area contributed by atoms with Crippen LogP contribution in [0.15, 0.2) is 30.7 Å². The van der Waals surface area contributed by atoms with E-state index >= 15 is 0 Å². The molecule has 5 heteroatoms. The molecule has 0 fully saturated rings. The summed E-state index contributed by atoms with van der Waals surface area (Å²) < 4.78 is 1.77. The standard InChI is InChI=1S/C13H16ClN3O/c1-2-7-17-13(11(14)9-16-17)12(18)8-10-3-5-15-6-4-10/h3-6,9,12,18H,2,7-8H2,1H3. The van der Waals surface area contributed by atoms with Crippen molar-refractivity contribution in [1.82, 2.24) is 14.8 Å². The number of rotatable bonds is 5. The van der Waals surface area contributed by atoms with E-state index in [4.69, 9.17) is 11.6 Å². The third-order valence-electron chi connectivity index (χ3n) is 2.76. The van der Waals surface area contributed by atoms with E-state index in [1.54, 1.807) is 23.3 Å². The van der Waals surface area contributed by atoms with Crippen LogP contribution in [0.3, 0.4) is 0 Å². The van der Waals surface area contributed by atoms with Gasteiger partial charge >= 0.3 is 0 Å². The summed E-state index contributed by atoms with van der Waals surface area (Å²) in [6.45, 7) is 2.82. The van der Waals surface area contributed by atoms with Crippen LogP contribution in [0.1, 0.15) is 30.7 Å². The Morgan fingerprint density at radius 1 is 1.39 bits per heavy atom. The van der Waals surface area contributed by atoms with E-state index in [-0.39, 0.29) is 0 Å². The second-order valence-electron chi connectivity index (χ2n) is 4.18. The molecule has 0 aliphatic carbocycles. The molecule has 2 aromatic rings. The fourth-order valence-corrected chi connectivity index (χ4v) is 2.20. The number of halogens is 1. The molecular formula is C13H16ClN3O. The van der Waals surface area contributed by atoms with Crippen molar-refractivity contribution < 1.29 is 5.11 Å². The summed E-state index contributed by atoms with van der Waals surface area (Å²) >= 11 is 6.09. The Bertz CT molecular complexity index is 498. The average Bonchev–Trinajstić information content (AvgIpc) is 2.72. The zero-order valence-corrected chi connectivity index (χ0v) is 11.0. The van der Waals surface area contributed by atoms with E-state index in [0.717, 1.165) is 18.5 Å². The van der Waals surface area contributed by atoms with E-state index in [2.05, 4.69) is 17.0 Å². The van der Waals surface area contributed by atoms with Crippen molar-refractivity contribution in [1.29, 1.82) is 0 Å². The lowest BCUT2D eigenvalue weighted by atomic mass is 10.1. The number of aryl methyl sites for hydroxylation is 1. The highest BCUT2D eigenvalue weighted by molar-refractivity contribution is 6.31. The molecule has 0 bridgehead atoms. The molecule has 1 N–H and O–H groups in total. The average molecular weight is 266 g/mol. The molecule has 0 amide bonds. The summed E-state index contributed by atoms with van der Waals surface area (Å²) in [5, 5.41) is 15.0. The molecule has 0 spiro atoms. The zero-order chi connectivity index (χ0) is 13.0. The van der Waals surface area contributed by atoms with Crippen LogP contribution >= 0.6 is 11.6 Å². The first-order valence-corrected chi connectivity index (χ1v) is 6.38. The van der Waals surface area contributed by atoms with Gasteiger partial charge in [-0.1, -0.05) is 18.5 Å². The largest absolute Gasteiger partial charge is 0.386 e. The normalized spacial score (nSPS) is 12.6. The lowest BCUT2D eigenvalue weighted by Gasteiger charge is -2.13. The predicted octanol–water partition coefficient (Wildman–Crippen LogP) is 2.62. The first-order chi connectivity index (χ1) is 8.72. The summed E-state index contributed by atoms with van der Waals surface area (Å²) in [6.07, 6.45) is 5.83. The summed E-state index contributed by atoms with van der Waals surface area (Å²) in [4.78, 5) is 3.95. The van der Waals surface area contributed by atoms with Crippen LogP contribution in [-0.2, 0) is 13.0 Å². The maximum atomic E-state index is 10.3. The Kier molecular flexibility index (Phi) is 4.33. The Morgan fingerprint density at radius 3 is 2.78 bits per heavy atom. The lowest BCUT2D eigenvalue weighted by Crippen LogP contribution is -2.11. The number of aliphatic hydroxyl groups is 1. The van der Waals surface area contributed by atoms with Gasteiger partial charge in [-0.3, -0.25) is 9.67 Å². The van der Waals surface area contributed by atoms with Crippen molar-refractivity contribution in [3.8, 4) is 0 Å². The maximum absolute atomic E-state index is 10.3. The van der Waals surface area contributed by atoms with Crippen molar-refractivity contribution in [3.05, 3.63) is 47.0 Å². The topological polar surface area (TPSA) is 50.9 Å². The number of aromatic nitrogens is 3. The zero-order valence-electron chi connectivity index (χ0n) is 10.3. The van der Waals surface area contributed by atoms with Gasteiger partial charge in [-0.2, -0.15) is 5.10 Å². The third kappa shape index (κ3) is 2.89. The molecule has 4 nitrogen and oxygen atoms in total. The van der Waals surface area contributed by atoms with Crippen molar-refractivity contribution in [2.75, 3.05) is 0 Å². The van der Waals surface area contributed by atoms with Gasteiger partial charge in [0.15, 0.2) is 0 Å². The van der Waals surface area contributed by atoms with Gasteiger partial charge in [0.2, 0.25) is 0 Å². The van der Waals surface area contributed by atoms with E-state index in [9.17, 15) is 5.11 Å². The second kappa shape index (κ2) is 5.98. The molecule has 2 heterocycles. The highest BCUT2D eigenvalue weighted by Crippen LogP contribution is 2.25. The number of pyridine rings is 1. The fourth-order valence-electron chi connectivity index (χ4n) is 1.93. The SMILES string of the molecule is CCCn1ncc(Cl)c1C(O)Cc1ccncc1. The molecule has 0 aliphatic heterocycles. The molecule has 0 saturated carbocycles. The minimum absolute atomic E-state index is 0.512. The predicted molar refractivity (Wildman–Crippen MR) is 70.4 cm³/mol. The van der Waals surface area contributed by atoms with E-state index in [1.165, 1.54) is 0 Å². The van der Waals surface area contributed by atoms with E-state index < -0.39 is 6.10 Å². The Hall–Kier alpha value is -1.39. The molecule has 96 valence electrons. The summed E-state index contributed by atoms with van der Waals surface area (Å²) in [7, 11) is 0. The molecule has 0 saturated heterocycles. The molecule has 0 aliphatic rings. The highest BCUT2D eigenvalue weighted by Gasteiger charge is 2.18. The Labute approximate surface area is 111 Å². The maximum Gasteiger partial charge on any atom is 0.101 e. The van der Waals surface area contributed by atoms with Crippen LogP contribution in [-0.4, -0.2) is 19.9 Å². The summed E-state index contributed by atoms with van der Waals surface area (Å²) in [5.74, 6) is 0. The van der Waals surface area contributed by atoms with Gasteiger partial charge in [-0.05, 0) is 24.1 Å². The third-order valence-corrected chi connectivity index (χ3v) is 3.05. The molecule has 1 unspecified atom stereocenters. The number of hydrogen-bond acceptors (Lipinski definition) is 3. The summed E-state index contributed by atoms with van der Waals surface area (Å²) in [6, 6.07) is 3.77. The molecule has 0 radical (unpaired) electrons. The van der Waals surface area contributed by atoms with Crippen LogP contribution in [0.4, 0.5) is 0 Å². The van der Waals surface area contributed by atoms with E-state index in [1.807, 2.05) is 12.1 Å². The van der Waals surface area contributed by atoms with Gasteiger partial charge in [0.1, 0.15) is 6.10 Å².